The van der Waals surface area contributed by atoms with Crippen LogP contribution in [-0.2, 0) is 11.3 Å². The number of halogens is 1. The molecular weight excluding hydrogens is 338 g/mol. The van der Waals surface area contributed by atoms with Crippen LogP contribution in [0.1, 0.15) is 33.0 Å². The molecule has 0 atom stereocenters. The molecule has 0 aliphatic heterocycles. The first kappa shape index (κ1) is 17.2. The molecule has 2 aromatic heterocycles. The number of hydrogen-bond donors (Lipinski definition) is 0. The van der Waals surface area contributed by atoms with Crippen LogP contribution in [0.3, 0.4) is 0 Å². The molecule has 6 heteroatoms. The van der Waals surface area contributed by atoms with Crippen LogP contribution in [0.5, 0.6) is 0 Å². The Balaban J connectivity index is 1.81. The molecule has 0 saturated carbocycles. The summed E-state index contributed by atoms with van der Waals surface area (Å²) in [6, 6.07) is 13.1. The molecule has 0 aliphatic carbocycles. The van der Waals surface area contributed by atoms with Crippen LogP contribution in [0.15, 0.2) is 42.5 Å². The van der Waals surface area contributed by atoms with Gasteiger partial charge < -0.3 is 4.74 Å². The Morgan fingerprint density at radius 2 is 1.84 bits per heavy atom. The van der Waals surface area contributed by atoms with Crippen molar-refractivity contribution in [2.45, 2.75) is 27.4 Å². The lowest BCUT2D eigenvalue weighted by molar-refractivity contribution is 0.0466. The van der Waals surface area contributed by atoms with Crippen molar-refractivity contribution in [2.24, 2.45) is 0 Å². The summed E-state index contributed by atoms with van der Waals surface area (Å²) in [4.78, 5) is 16.7. The molecular formula is C19H18ClN3O2. The number of ether oxygens (including phenoxy) is 1. The number of esters is 1. The van der Waals surface area contributed by atoms with Crippen molar-refractivity contribution in [1.29, 1.82) is 0 Å². The van der Waals surface area contributed by atoms with Crippen molar-refractivity contribution < 1.29 is 9.53 Å². The fraction of sp³-hybridized carbons (Fsp3) is 0.211. The van der Waals surface area contributed by atoms with Crippen molar-refractivity contribution in [3.8, 4) is 5.82 Å². The summed E-state index contributed by atoms with van der Waals surface area (Å²) in [5.41, 5.74) is 3.94. The number of hydrogen-bond acceptors (Lipinski definition) is 4. The van der Waals surface area contributed by atoms with E-state index in [0.29, 0.717) is 5.82 Å². The Kier molecular flexibility index (Phi) is 4.86. The van der Waals surface area contributed by atoms with E-state index in [1.54, 1.807) is 16.8 Å². The highest BCUT2D eigenvalue weighted by Gasteiger charge is 2.16. The molecule has 128 valence electrons. The summed E-state index contributed by atoms with van der Waals surface area (Å²) in [5.74, 6) is -0.0359. The van der Waals surface area contributed by atoms with Crippen LogP contribution in [0.25, 0.3) is 5.82 Å². The average Bonchev–Trinajstić information content (AvgIpc) is 2.93. The van der Waals surface area contributed by atoms with Gasteiger partial charge in [-0.3, -0.25) is 0 Å². The molecule has 0 saturated heterocycles. The molecule has 3 rings (SSSR count). The standard InChI is InChI=1S/C19H18ClN3O2/c1-12-4-6-15(7-5-12)11-25-19(24)18-16(20)8-9-17(21-18)23-14(3)10-13(2)22-23/h4-10H,11H2,1-3H3. The van der Waals surface area contributed by atoms with E-state index in [1.807, 2.05) is 51.1 Å². The zero-order valence-corrected chi connectivity index (χ0v) is 15.0. The van der Waals surface area contributed by atoms with E-state index >= 15 is 0 Å². The van der Waals surface area contributed by atoms with Crippen molar-refractivity contribution >= 4 is 17.6 Å². The Morgan fingerprint density at radius 1 is 1.12 bits per heavy atom. The van der Waals surface area contributed by atoms with Crippen molar-refractivity contribution in [1.82, 2.24) is 14.8 Å². The van der Waals surface area contributed by atoms with E-state index in [-0.39, 0.29) is 17.3 Å². The minimum Gasteiger partial charge on any atom is -0.456 e. The van der Waals surface area contributed by atoms with E-state index in [0.717, 1.165) is 22.5 Å². The fourth-order valence-corrected chi connectivity index (χ4v) is 2.64. The predicted octanol–water partition coefficient (Wildman–Crippen LogP) is 4.20. The number of pyridine rings is 1. The lowest BCUT2D eigenvalue weighted by Crippen LogP contribution is -2.11. The second-order valence-corrected chi connectivity index (χ2v) is 6.31. The molecule has 0 bridgehead atoms. The normalized spacial score (nSPS) is 10.7. The monoisotopic (exact) mass is 355 g/mol. The van der Waals surface area contributed by atoms with E-state index in [2.05, 4.69) is 10.1 Å². The maximum Gasteiger partial charge on any atom is 0.358 e. The summed E-state index contributed by atoms with van der Waals surface area (Å²) in [5, 5.41) is 4.62. The van der Waals surface area contributed by atoms with Crippen molar-refractivity contribution in [2.75, 3.05) is 0 Å². The Labute approximate surface area is 151 Å². The number of carbonyl (C=O) groups excluding carboxylic acids is 1. The van der Waals surface area contributed by atoms with Gasteiger partial charge in [0.15, 0.2) is 11.5 Å². The second-order valence-electron chi connectivity index (χ2n) is 5.90. The highest BCUT2D eigenvalue weighted by molar-refractivity contribution is 6.33. The summed E-state index contributed by atoms with van der Waals surface area (Å²) in [6.07, 6.45) is 0. The summed E-state index contributed by atoms with van der Waals surface area (Å²) < 4.78 is 7.01. The number of aryl methyl sites for hydroxylation is 3. The molecule has 25 heavy (non-hydrogen) atoms. The fourth-order valence-electron chi connectivity index (χ4n) is 2.46. The van der Waals surface area contributed by atoms with Gasteiger partial charge in [-0.15, -0.1) is 0 Å². The van der Waals surface area contributed by atoms with Gasteiger partial charge in [-0.2, -0.15) is 5.10 Å². The maximum atomic E-state index is 12.4. The van der Waals surface area contributed by atoms with E-state index < -0.39 is 5.97 Å². The minimum atomic E-state index is -0.561. The lowest BCUT2D eigenvalue weighted by Gasteiger charge is -2.09. The molecule has 0 N–H and O–H groups in total. The zero-order chi connectivity index (χ0) is 18.0. The van der Waals surface area contributed by atoms with Crippen LogP contribution in [0.4, 0.5) is 0 Å². The first-order valence-electron chi connectivity index (χ1n) is 7.87. The van der Waals surface area contributed by atoms with Crippen LogP contribution in [-0.4, -0.2) is 20.7 Å². The zero-order valence-electron chi connectivity index (χ0n) is 14.3. The molecule has 0 aliphatic rings. The van der Waals surface area contributed by atoms with Crippen molar-refractivity contribution in [3.63, 3.8) is 0 Å². The van der Waals surface area contributed by atoms with Gasteiger partial charge in [0.25, 0.3) is 0 Å². The molecule has 0 unspecified atom stereocenters. The Morgan fingerprint density at radius 3 is 2.48 bits per heavy atom. The molecule has 0 fully saturated rings. The van der Waals surface area contributed by atoms with Crippen LogP contribution >= 0.6 is 11.6 Å². The summed E-state index contributed by atoms with van der Waals surface area (Å²) >= 11 is 6.13. The SMILES string of the molecule is Cc1ccc(COC(=O)c2nc(-n3nc(C)cc3C)ccc2Cl)cc1. The summed E-state index contributed by atoms with van der Waals surface area (Å²) in [7, 11) is 0. The van der Waals surface area contributed by atoms with E-state index in [9.17, 15) is 4.79 Å². The number of aromatic nitrogens is 3. The van der Waals surface area contributed by atoms with Gasteiger partial charge in [0.2, 0.25) is 0 Å². The first-order chi connectivity index (χ1) is 11.9. The third-order valence-corrected chi connectivity index (χ3v) is 4.05. The third-order valence-electron chi connectivity index (χ3n) is 3.74. The molecule has 2 heterocycles. The Bertz CT molecular complexity index is 917. The van der Waals surface area contributed by atoms with E-state index in [4.69, 9.17) is 16.3 Å². The molecule has 0 radical (unpaired) electrons. The molecule has 1 aromatic carbocycles. The Hall–Kier alpha value is -2.66. The largest absolute Gasteiger partial charge is 0.456 e. The summed E-state index contributed by atoms with van der Waals surface area (Å²) in [6.45, 7) is 5.99. The van der Waals surface area contributed by atoms with Crippen LogP contribution in [0, 0.1) is 20.8 Å². The van der Waals surface area contributed by atoms with Gasteiger partial charge in [0.1, 0.15) is 6.61 Å². The van der Waals surface area contributed by atoms with Crippen molar-refractivity contribution in [3.05, 3.63) is 75.7 Å². The van der Waals surface area contributed by atoms with Gasteiger partial charge in [-0.25, -0.2) is 14.5 Å². The van der Waals surface area contributed by atoms with Gasteiger partial charge in [0, 0.05) is 5.69 Å². The lowest BCUT2D eigenvalue weighted by atomic mass is 10.2. The smallest absolute Gasteiger partial charge is 0.358 e. The molecule has 5 nitrogen and oxygen atoms in total. The van der Waals surface area contributed by atoms with Gasteiger partial charge >= 0.3 is 5.97 Å². The number of nitrogens with zero attached hydrogens (tertiary/aromatic N) is 3. The van der Waals surface area contributed by atoms with E-state index in [1.165, 1.54) is 0 Å². The number of carbonyl (C=O) groups is 1. The quantitative estimate of drug-likeness (QED) is 0.658. The van der Waals surface area contributed by atoms with Crippen LogP contribution < -0.4 is 0 Å². The predicted molar refractivity (Wildman–Crippen MR) is 96.1 cm³/mol. The van der Waals surface area contributed by atoms with Gasteiger partial charge in [-0.1, -0.05) is 41.4 Å². The average molecular weight is 356 g/mol. The minimum absolute atomic E-state index is 0.0823. The topological polar surface area (TPSA) is 57.0 Å². The maximum absolute atomic E-state index is 12.4. The highest BCUT2D eigenvalue weighted by Crippen LogP contribution is 2.19. The molecule has 3 aromatic rings. The molecule has 0 amide bonds. The third kappa shape index (κ3) is 3.88. The number of benzene rings is 1. The second kappa shape index (κ2) is 7.07. The number of rotatable bonds is 4. The first-order valence-corrected chi connectivity index (χ1v) is 8.24. The highest BCUT2D eigenvalue weighted by atomic mass is 35.5. The van der Waals surface area contributed by atoms with Gasteiger partial charge in [-0.05, 0) is 44.5 Å². The van der Waals surface area contributed by atoms with Gasteiger partial charge in [0.05, 0.1) is 10.7 Å². The molecule has 0 spiro atoms. The van der Waals surface area contributed by atoms with Crippen LogP contribution in [0.2, 0.25) is 5.02 Å².